The lowest BCUT2D eigenvalue weighted by atomic mass is 10.0. The maximum Gasteiger partial charge on any atom is 0.142 e. The molecule has 6 heteroatoms. The Morgan fingerprint density at radius 1 is 1.16 bits per heavy atom. The lowest BCUT2D eigenvalue weighted by molar-refractivity contribution is 0.131. The van der Waals surface area contributed by atoms with Crippen molar-refractivity contribution >= 4 is 17.8 Å². The Labute approximate surface area is 151 Å². The fourth-order valence-corrected chi connectivity index (χ4v) is 2.13. The van der Waals surface area contributed by atoms with E-state index in [1.54, 1.807) is 36.4 Å². The molecule has 130 valence electrons. The van der Waals surface area contributed by atoms with Crippen LogP contribution in [-0.2, 0) is 11.4 Å². The van der Waals surface area contributed by atoms with Crippen LogP contribution in [0.15, 0.2) is 53.7 Å². The number of nitriles is 1. The van der Waals surface area contributed by atoms with Crippen LogP contribution in [0.25, 0.3) is 0 Å². The van der Waals surface area contributed by atoms with Crippen LogP contribution < -0.4 is 4.74 Å². The molecule has 0 saturated carbocycles. The summed E-state index contributed by atoms with van der Waals surface area (Å²) in [5, 5.41) is 13.8. The Morgan fingerprint density at radius 3 is 2.52 bits per heavy atom. The number of halogens is 2. The molecule has 0 aromatic heterocycles. The Morgan fingerprint density at radius 2 is 1.88 bits per heavy atom. The second-order valence-electron chi connectivity index (χ2n) is 5.22. The molecule has 0 amide bonds. The lowest BCUT2D eigenvalue weighted by Crippen LogP contribution is -2.00. The van der Waals surface area contributed by atoms with E-state index in [0.29, 0.717) is 30.4 Å². The van der Waals surface area contributed by atoms with Crippen molar-refractivity contribution < 1.29 is 14.0 Å². The van der Waals surface area contributed by atoms with Crippen molar-refractivity contribution in [1.29, 1.82) is 5.26 Å². The van der Waals surface area contributed by atoms with Gasteiger partial charge in [0.1, 0.15) is 18.3 Å². The van der Waals surface area contributed by atoms with E-state index in [-0.39, 0.29) is 0 Å². The van der Waals surface area contributed by atoms with Gasteiger partial charge in [-0.3, -0.25) is 4.39 Å². The summed E-state index contributed by atoms with van der Waals surface area (Å²) in [5.74, 6) is 0.120. The fourth-order valence-electron chi connectivity index (χ4n) is 2.01. The molecule has 0 N–H and O–H groups in total. The molecule has 0 aliphatic carbocycles. The van der Waals surface area contributed by atoms with Crippen molar-refractivity contribution in [3.63, 3.8) is 0 Å². The Hall–Kier alpha value is -2.58. The molecule has 2 aromatic carbocycles. The number of hydrogen-bond acceptors (Lipinski definition) is 4. The number of rotatable bonds is 9. The monoisotopic (exact) mass is 360 g/mol. The number of alkyl halides is 1. The topological polar surface area (TPSA) is 54.6 Å². The maximum atomic E-state index is 12.0. The zero-order valence-corrected chi connectivity index (χ0v) is 14.3. The maximum absolute atomic E-state index is 12.0. The van der Waals surface area contributed by atoms with Crippen LogP contribution in [0.4, 0.5) is 4.39 Å². The van der Waals surface area contributed by atoms with Crippen LogP contribution in [0, 0.1) is 11.3 Å². The van der Waals surface area contributed by atoms with Gasteiger partial charge < -0.3 is 9.57 Å². The summed E-state index contributed by atoms with van der Waals surface area (Å²) in [6.45, 7) is 0.228. The minimum Gasteiger partial charge on any atom is -0.494 e. The van der Waals surface area contributed by atoms with Gasteiger partial charge in [0.15, 0.2) is 0 Å². The molecule has 2 aromatic rings. The van der Waals surface area contributed by atoms with Gasteiger partial charge in [-0.15, -0.1) is 0 Å². The highest BCUT2D eigenvalue weighted by atomic mass is 35.5. The molecule has 0 radical (unpaired) electrons. The first-order valence-corrected chi connectivity index (χ1v) is 8.19. The number of benzene rings is 2. The molecular formula is C19H18ClFN2O2. The highest BCUT2D eigenvalue weighted by Crippen LogP contribution is 2.18. The van der Waals surface area contributed by atoms with Gasteiger partial charge in [-0.2, -0.15) is 5.26 Å². The molecule has 0 fully saturated rings. The third-order valence-corrected chi connectivity index (χ3v) is 3.61. The van der Waals surface area contributed by atoms with Gasteiger partial charge in [0.2, 0.25) is 0 Å². The summed E-state index contributed by atoms with van der Waals surface area (Å²) in [6, 6.07) is 16.5. The number of nitrogens with zero attached hydrogens (tertiary/aromatic N) is 2. The minimum atomic E-state index is -0.523. The first-order valence-electron chi connectivity index (χ1n) is 7.81. The number of oxime groups is 1. The van der Waals surface area contributed by atoms with E-state index in [1.165, 1.54) is 6.21 Å². The first-order chi connectivity index (χ1) is 12.2. The molecule has 0 saturated heterocycles. The quantitative estimate of drug-likeness (QED) is 0.363. The number of hydrogen-bond donors (Lipinski definition) is 0. The van der Waals surface area contributed by atoms with Crippen molar-refractivity contribution in [2.75, 3.05) is 13.3 Å². The Kier molecular flexibility index (Phi) is 7.74. The predicted octanol–water partition coefficient (Wildman–Crippen LogP) is 4.89. The minimum absolute atomic E-state index is 0.299. The molecule has 0 bridgehead atoms. The third kappa shape index (κ3) is 6.44. The van der Waals surface area contributed by atoms with E-state index in [0.717, 1.165) is 11.1 Å². The lowest BCUT2D eigenvalue weighted by Gasteiger charge is -2.07. The van der Waals surface area contributed by atoms with Crippen LogP contribution in [0.3, 0.4) is 0 Å². The predicted molar refractivity (Wildman–Crippen MR) is 95.6 cm³/mol. The van der Waals surface area contributed by atoms with Crippen molar-refractivity contribution in [2.24, 2.45) is 5.16 Å². The van der Waals surface area contributed by atoms with Crippen LogP contribution in [0.2, 0.25) is 5.02 Å². The molecule has 0 aliphatic heterocycles. The van der Waals surface area contributed by atoms with Gasteiger partial charge in [-0.1, -0.05) is 41.0 Å². The van der Waals surface area contributed by atoms with Crippen molar-refractivity contribution in [3.8, 4) is 11.8 Å². The van der Waals surface area contributed by atoms with Gasteiger partial charge >= 0.3 is 0 Å². The average Bonchev–Trinajstić information content (AvgIpc) is 2.64. The van der Waals surface area contributed by atoms with Crippen LogP contribution in [0.1, 0.15) is 23.5 Å². The standard InChI is InChI=1S/C19H18ClFN2O2/c20-18-6-2-15(3-7-18)14-25-23-13-17(12-22)16-4-8-19(9-5-16)24-11-1-10-21/h2-9,13,17H,1,10-11,14H2/b23-13-/t17-/m0/s1. The molecular weight excluding hydrogens is 343 g/mol. The van der Waals surface area contributed by atoms with Crippen LogP contribution >= 0.6 is 11.6 Å². The zero-order chi connectivity index (χ0) is 17.9. The summed E-state index contributed by atoms with van der Waals surface area (Å²) >= 11 is 5.82. The molecule has 0 unspecified atom stereocenters. The fraction of sp³-hybridized carbons (Fsp3) is 0.263. The second-order valence-corrected chi connectivity index (χ2v) is 5.66. The summed E-state index contributed by atoms with van der Waals surface area (Å²) in [5.41, 5.74) is 1.71. The third-order valence-electron chi connectivity index (χ3n) is 3.35. The summed E-state index contributed by atoms with van der Waals surface area (Å²) in [6.07, 6.45) is 1.81. The normalized spacial score (nSPS) is 11.9. The molecule has 0 spiro atoms. The van der Waals surface area contributed by atoms with Gasteiger partial charge in [-0.05, 0) is 35.4 Å². The Balaban J connectivity index is 1.86. The average molecular weight is 361 g/mol. The van der Waals surface area contributed by atoms with Crippen LogP contribution in [0.5, 0.6) is 5.75 Å². The largest absolute Gasteiger partial charge is 0.494 e. The van der Waals surface area contributed by atoms with E-state index >= 15 is 0 Å². The van der Waals surface area contributed by atoms with Gasteiger partial charge in [-0.25, -0.2) is 0 Å². The molecule has 25 heavy (non-hydrogen) atoms. The van der Waals surface area contributed by atoms with E-state index in [1.807, 2.05) is 12.1 Å². The van der Waals surface area contributed by atoms with E-state index in [2.05, 4.69) is 11.2 Å². The smallest absolute Gasteiger partial charge is 0.142 e. The Bertz CT molecular complexity index is 712. The summed E-state index contributed by atoms with van der Waals surface area (Å²) < 4.78 is 17.4. The van der Waals surface area contributed by atoms with E-state index in [9.17, 15) is 9.65 Å². The molecule has 4 nitrogen and oxygen atoms in total. The van der Waals surface area contributed by atoms with E-state index < -0.39 is 12.6 Å². The van der Waals surface area contributed by atoms with Gasteiger partial charge in [0.25, 0.3) is 0 Å². The first kappa shape index (κ1) is 18.8. The van der Waals surface area contributed by atoms with Crippen molar-refractivity contribution in [1.82, 2.24) is 0 Å². The van der Waals surface area contributed by atoms with E-state index in [4.69, 9.17) is 21.2 Å². The summed E-state index contributed by atoms with van der Waals surface area (Å²) in [7, 11) is 0. The SMILES string of the molecule is N#C[C@@H](/C=N\OCc1ccc(Cl)cc1)c1ccc(OCCCF)cc1. The second kappa shape index (κ2) is 10.3. The number of ether oxygens (including phenoxy) is 1. The van der Waals surface area contributed by atoms with Gasteiger partial charge in [0.05, 0.1) is 25.6 Å². The highest BCUT2D eigenvalue weighted by molar-refractivity contribution is 6.30. The van der Waals surface area contributed by atoms with Crippen molar-refractivity contribution in [3.05, 3.63) is 64.7 Å². The van der Waals surface area contributed by atoms with Gasteiger partial charge in [0, 0.05) is 11.4 Å². The molecule has 2 rings (SSSR count). The molecule has 0 heterocycles. The van der Waals surface area contributed by atoms with Crippen molar-refractivity contribution in [2.45, 2.75) is 18.9 Å². The molecule has 0 aliphatic rings. The van der Waals surface area contributed by atoms with Crippen LogP contribution in [-0.4, -0.2) is 19.5 Å². The zero-order valence-electron chi connectivity index (χ0n) is 13.6. The molecule has 1 atom stereocenters. The summed E-state index contributed by atoms with van der Waals surface area (Å²) in [4.78, 5) is 5.22. The highest BCUT2D eigenvalue weighted by Gasteiger charge is 2.08.